The molecule has 0 unspecified atom stereocenters. The van der Waals surface area contributed by atoms with Gasteiger partial charge in [-0.3, -0.25) is 4.79 Å². The Morgan fingerprint density at radius 1 is 1.47 bits per heavy atom. The van der Waals surface area contributed by atoms with Crippen LogP contribution >= 0.6 is 0 Å². The fraction of sp³-hybridized carbons (Fsp3) is 0.462. The van der Waals surface area contributed by atoms with Crippen molar-refractivity contribution in [3.05, 3.63) is 29.8 Å². The lowest BCUT2D eigenvalue weighted by Crippen LogP contribution is -2.51. The van der Waals surface area contributed by atoms with Crippen LogP contribution in [-0.4, -0.2) is 43.6 Å². The molecule has 2 rings (SSSR count). The standard InChI is InChI=1S/C13H18N2O2/c1-10-9-15(8-7-14-10)13(16)11-5-3-4-6-12(11)17-2/h3-6,10,14H,7-9H2,1-2H3/t10-/m0/s1. The van der Waals surface area contributed by atoms with Crippen molar-refractivity contribution >= 4 is 5.91 Å². The third-order valence-corrected chi connectivity index (χ3v) is 2.99. The number of rotatable bonds is 2. The van der Waals surface area contributed by atoms with Crippen LogP contribution in [-0.2, 0) is 0 Å². The summed E-state index contributed by atoms with van der Waals surface area (Å²) < 4.78 is 5.22. The lowest BCUT2D eigenvalue weighted by atomic mass is 10.1. The summed E-state index contributed by atoms with van der Waals surface area (Å²) in [7, 11) is 1.59. The summed E-state index contributed by atoms with van der Waals surface area (Å²) in [5, 5.41) is 3.32. The fourth-order valence-electron chi connectivity index (χ4n) is 2.11. The second-order valence-corrected chi connectivity index (χ2v) is 4.31. The smallest absolute Gasteiger partial charge is 0.257 e. The average Bonchev–Trinajstić information content (AvgIpc) is 2.38. The van der Waals surface area contributed by atoms with Crippen LogP contribution in [0.3, 0.4) is 0 Å². The maximum Gasteiger partial charge on any atom is 0.257 e. The minimum absolute atomic E-state index is 0.0517. The molecule has 0 saturated carbocycles. The second kappa shape index (κ2) is 5.19. The summed E-state index contributed by atoms with van der Waals surface area (Å²) in [4.78, 5) is 14.2. The van der Waals surface area contributed by atoms with Gasteiger partial charge < -0.3 is 15.0 Å². The highest BCUT2D eigenvalue weighted by Crippen LogP contribution is 2.19. The van der Waals surface area contributed by atoms with E-state index in [-0.39, 0.29) is 5.91 Å². The van der Waals surface area contributed by atoms with Crippen molar-refractivity contribution in [2.45, 2.75) is 13.0 Å². The number of amides is 1. The summed E-state index contributed by atoms with van der Waals surface area (Å²) >= 11 is 0. The molecule has 1 N–H and O–H groups in total. The van der Waals surface area contributed by atoms with Crippen LogP contribution in [0.1, 0.15) is 17.3 Å². The Labute approximate surface area is 102 Å². The Balaban J connectivity index is 2.18. The van der Waals surface area contributed by atoms with Crippen LogP contribution in [0.2, 0.25) is 0 Å². The van der Waals surface area contributed by atoms with Crippen molar-refractivity contribution < 1.29 is 9.53 Å². The van der Waals surface area contributed by atoms with Gasteiger partial charge in [0.25, 0.3) is 5.91 Å². The Morgan fingerprint density at radius 3 is 2.94 bits per heavy atom. The van der Waals surface area contributed by atoms with Gasteiger partial charge in [0.15, 0.2) is 0 Å². The first kappa shape index (κ1) is 11.9. The Bertz CT molecular complexity index is 406. The van der Waals surface area contributed by atoms with Crippen molar-refractivity contribution in [2.75, 3.05) is 26.7 Å². The summed E-state index contributed by atoms with van der Waals surface area (Å²) in [6.07, 6.45) is 0. The number of nitrogens with one attached hydrogen (secondary N) is 1. The average molecular weight is 234 g/mol. The molecular formula is C13H18N2O2. The Hall–Kier alpha value is -1.55. The van der Waals surface area contributed by atoms with Crippen molar-refractivity contribution in [3.63, 3.8) is 0 Å². The van der Waals surface area contributed by atoms with E-state index in [0.29, 0.717) is 17.4 Å². The summed E-state index contributed by atoms with van der Waals surface area (Å²) in [5.41, 5.74) is 0.643. The molecule has 1 heterocycles. The van der Waals surface area contributed by atoms with E-state index in [2.05, 4.69) is 12.2 Å². The molecule has 1 fully saturated rings. The highest BCUT2D eigenvalue weighted by atomic mass is 16.5. The van der Waals surface area contributed by atoms with Crippen molar-refractivity contribution in [3.8, 4) is 5.75 Å². The lowest BCUT2D eigenvalue weighted by Gasteiger charge is -2.32. The molecular weight excluding hydrogens is 216 g/mol. The molecule has 1 aromatic carbocycles. The fourth-order valence-corrected chi connectivity index (χ4v) is 2.11. The van der Waals surface area contributed by atoms with E-state index in [1.54, 1.807) is 7.11 Å². The molecule has 1 aliphatic heterocycles. The van der Waals surface area contributed by atoms with Gasteiger partial charge in [0.2, 0.25) is 0 Å². The van der Waals surface area contributed by atoms with Gasteiger partial charge in [0.05, 0.1) is 12.7 Å². The maximum absolute atomic E-state index is 12.3. The van der Waals surface area contributed by atoms with E-state index < -0.39 is 0 Å². The van der Waals surface area contributed by atoms with E-state index >= 15 is 0 Å². The zero-order chi connectivity index (χ0) is 12.3. The highest BCUT2D eigenvalue weighted by Gasteiger charge is 2.23. The maximum atomic E-state index is 12.3. The number of piperazine rings is 1. The number of para-hydroxylation sites is 1. The van der Waals surface area contributed by atoms with Gasteiger partial charge in [0.1, 0.15) is 5.75 Å². The molecule has 1 saturated heterocycles. The molecule has 1 aliphatic rings. The van der Waals surface area contributed by atoms with Crippen LogP contribution in [0.25, 0.3) is 0 Å². The molecule has 0 bridgehead atoms. The zero-order valence-corrected chi connectivity index (χ0v) is 10.3. The first-order valence-electron chi connectivity index (χ1n) is 5.88. The Kier molecular flexibility index (Phi) is 3.64. The van der Waals surface area contributed by atoms with Crippen molar-refractivity contribution in [1.29, 1.82) is 0 Å². The van der Waals surface area contributed by atoms with E-state index in [4.69, 9.17) is 4.74 Å². The third kappa shape index (κ3) is 2.58. The summed E-state index contributed by atoms with van der Waals surface area (Å²) in [6, 6.07) is 7.71. The molecule has 1 amide bonds. The number of ether oxygens (including phenoxy) is 1. The SMILES string of the molecule is COc1ccccc1C(=O)N1CCN[C@@H](C)C1. The Morgan fingerprint density at radius 2 is 2.24 bits per heavy atom. The van der Waals surface area contributed by atoms with E-state index in [9.17, 15) is 4.79 Å². The number of methoxy groups -OCH3 is 1. The van der Waals surface area contributed by atoms with Gasteiger partial charge in [-0.2, -0.15) is 0 Å². The molecule has 0 aliphatic carbocycles. The third-order valence-electron chi connectivity index (χ3n) is 2.99. The second-order valence-electron chi connectivity index (χ2n) is 4.31. The molecule has 4 nitrogen and oxygen atoms in total. The quantitative estimate of drug-likeness (QED) is 0.834. The monoisotopic (exact) mass is 234 g/mol. The number of nitrogens with zero attached hydrogens (tertiary/aromatic N) is 1. The molecule has 1 aromatic rings. The lowest BCUT2D eigenvalue weighted by molar-refractivity contribution is 0.0705. The van der Waals surface area contributed by atoms with Crippen LogP contribution in [0.4, 0.5) is 0 Å². The van der Waals surface area contributed by atoms with Gasteiger partial charge >= 0.3 is 0 Å². The number of hydrogen-bond acceptors (Lipinski definition) is 3. The molecule has 4 heteroatoms. The van der Waals surface area contributed by atoms with Gasteiger partial charge in [-0.15, -0.1) is 0 Å². The predicted octanol–water partition coefficient (Wildman–Crippen LogP) is 1.13. The highest BCUT2D eigenvalue weighted by molar-refractivity contribution is 5.97. The van der Waals surface area contributed by atoms with Gasteiger partial charge in [-0.25, -0.2) is 0 Å². The number of hydrogen-bond donors (Lipinski definition) is 1. The number of carbonyl (C=O) groups excluding carboxylic acids is 1. The molecule has 0 aromatic heterocycles. The minimum atomic E-state index is 0.0517. The van der Waals surface area contributed by atoms with Gasteiger partial charge in [-0.05, 0) is 19.1 Å². The largest absolute Gasteiger partial charge is 0.496 e. The van der Waals surface area contributed by atoms with Crippen LogP contribution < -0.4 is 10.1 Å². The predicted molar refractivity (Wildman–Crippen MR) is 66.4 cm³/mol. The molecule has 92 valence electrons. The molecule has 17 heavy (non-hydrogen) atoms. The first-order valence-corrected chi connectivity index (χ1v) is 5.88. The van der Waals surface area contributed by atoms with Gasteiger partial charge in [0, 0.05) is 25.7 Å². The first-order chi connectivity index (χ1) is 8.22. The zero-order valence-electron chi connectivity index (χ0n) is 10.3. The van der Waals surface area contributed by atoms with E-state index in [0.717, 1.165) is 19.6 Å². The topological polar surface area (TPSA) is 41.6 Å². The van der Waals surface area contributed by atoms with Crippen LogP contribution in [0.5, 0.6) is 5.75 Å². The van der Waals surface area contributed by atoms with Crippen LogP contribution in [0, 0.1) is 0 Å². The van der Waals surface area contributed by atoms with Crippen molar-refractivity contribution in [2.24, 2.45) is 0 Å². The number of benzene rings is 1. The summed E-state index contributed by atoms with van der Waals surface area (Å²) in [6.45, 7) is 4.43. The molecule has 0 radical (unpaired) electrons. The molecule has 0 spiro atoms. The minimum Gasteiger partial charge on any atom is -0.496 e. The molecule has 1 atom stereocenters. The number of carbonyl (C=O) groups is 1. The van der Waals surface area contributed by atoms with Crippen LogP contribution in [0.15, 0.2) is 24.3 Å². The van der Waals surface area contributed by atoms with E-state index in [1.165, 1.54) is 0 Å². The van der Waals surface area contributed by atoms with Gasteiger partial charge in [-0.1, -0.05) is 12.1 Å². The summed E-state index contributed by atoms with van der Waals surface area (Å²) in [5.74, 6) is 0.694. The normalized spacial score (nSPS) is 20.1. The van der Waals surface area contributed by atoms with Crippen molar-refractivity contribution in [1.82, 2.24) is 10.2 Å². The van der Waals surface area contributed by atoms with E-state index in [1.807, 2.05) is 29.2 Å².